The van der Waals surface area contributed by atoms with E-state index >= 15 is 0 Å². The highest BCUT2D eigenvalue weighted by Crippen LogP contribution is 2.23. The molecular formula is C21H15ClN2O3. The fraction of sp³-hybridized carbons (Fsp3) is 0.0952. The molecule has 0 spiro atoms. The number of para-hydroxylation sites is 2. The monoisotopic (exact) mass is 378 g/mol. The first kappa shape index (κ1) is 17.2. The van der Waals surface area contributed by atoms with Crippen molar-refractivity contribution in [3.05, 3.63) is 77.1 Å². The number of aromatic nitrogens is 2. The molecule has 0 fully saturated rings. The topological polar surface area (TPSA) is 72.0 Å². The summed E-state index contributed by atoms with van der Waals surface area (Å²) in [7, 11) is 0. The molecule has 27 heavy (non-hydrogen) atoms. The first-order chi connectivity index (χ1) is 13.0. The number of benzene rings is 2. The number of halogens is 1. The summed E-state index contributed by atoms with van der Waals surface area (Å²) in [6.07, 6.45) is 0.693. The van der Waals surface area contributed by atoms with Gasteiger partial charge in [0.25, 0.3) is 0 Å². The zero-order valence-corrected chi connectivity index (χ0v) is 15.2. The van der Waals surface area contributed by atoms with Crippen LogP contribution < -0.4 is 0 Å². The number of pyridine rings is 1. The number of ether oxygens (including phenoxy) is 1. The number of esters is 1. The van der Waals surface area contributed by atoms with Crippen LogP contribution in [0.25, 0.3) is 21.8 Å². The summed E-state index contributed by atoms with van der Waals surface area (Å²) in [5, 5.41) is 1.61. The van der Waals surface area contributed by atoms with Gasteiger partial charge in [-0.1, -0.05) is 48.0 Å². The lowest BCUT2D eigenvalue weighted by Gasteiger charge is -2.13. The lowest BCUT2D eigenvalue weighted by Crippen LogP contribution is -2.24. The fourth-order valence-electron chi connectivity index (χ4n) is 3.08. The van der Waals surface area contributed by atoms with Gasteiger partial charge in [-0.05, 0) is 25.1 Å². The van der Waals surface area contributed by atoms with Crippen LogP contribution in [-0.4, -0.2) is 27.8 Å². The molecule has 0 saturated heterocycles. The zero-order valence-electron chi connectivity index (χ0n) is 14.4. The molecule has 0 aliphatic carbocycles. The minimum Gasteiger partial charge on any atom is -0.451 e. The number of rotatable bonds is 4. The molecule has 2 aromatic heterocycles. The van der Waals surface area contributed by atoms with Gasteiger partial charge in [-0.25, -0.2) is 9.78 Å². The van der Waals surface area contributed by atoms with Crippen LogP contribution >= 0.6 is 11.6 Å². The van der Waals surface area contributed by atoms with Crippen molar-refractivity contribution in [3.63, 3.8) is 0 Å². The fourth-order valence-corrected chi connectivity index (χ4v) is 3.28. The molecule has 2 heterocycles. The first-order valence-corrected chi connectivity index (χ1v) is 8.79. The highest BCUT2D eigenvalue weighted by molar-refractivity contribution is 6.30. The van der Waals surface area contributed by atoms with Crippen LogP contribution in [0.15, 0.2) is 60.8 Å². The van der Waals surface area contributed by atoms with Gasteiger partial charge in [-0.2, -0.15) is 0 Å². The van der Waals surface area contributed by atoms with Crippen molar-refractivity contribution in [2.24, 2.45) is 0 Å². The zero-order chi connectivity index (χ0) is 19.0. The van der Waals surface area contributed by atoms with Crippen molar-refractivity contribution in [2.45, 2.75) is 13.0 Å². The lowest BCUT2D eigenvalue weighted by molar-refractivity contribution is 0.0321. The lowest BCUT2D eigenvalue weighted by atomic mass is 10.1. The molecular weight excluding hydrogens is 364 g/mol. The summed E-state index contributed by atoms with van der Waals surface area (Å²) in [6.45, 7) is 1.56. The Labute approximate surface area is 159 Å². The van der Waals surface area contributed by atoms with E-state index in [4.69, 9.17) is 16.3 Å². The molecule has 134 valence electrons. The van der Waals surface area contributed by atoms with Gasteiger partial charge in [0, 0.05) is 28.0 Å². The van der Waals surface area contributed by atoms with Gasteiger partial charge in [0.2, 0.25) is 5.78 Å². The maximum absolute atomic E-state index is 12.8. The number of H-pyrrole nitrogens is 1. The Morgan fingerprint density at radius 1 is 1.04 bits per heavy atom. The number of aromatic amines is 1. The summed E-state index contributed by atoms with van der Waals surface area (Å²) in [6, 6.07) is 16.1. The molecule has 1 atom stereocenters. The van der Waals surface area contributed by atoms with Gasteiger partial charge in [0.05, 0.1) is 11.1 Å². The van der Waals surface area contributed by atoms with Crippen LogP contribution in [-0.2, 0) is 4.74 Å². The second-order valence-corrected chi connectivity index (χ2v) is 6.56. The normalized spacial score (nSPS) is 12.2. The molecule has 1 N–H and O–H groups in total. The van der Waals surface area contributed by atoms with Gasteiger partial charge < -0.3 is 9.72 Å². The minimum absolute atomic E-state index is 0.191. The summed E-state index contributed by atoms with van der Waals surface area (Å²) in [4.78, 5) is 32.7. The number of ketones is 1. The van der Waals surface area contributed by atoms with Crippen LogP contribution in [0.1, 0.15) is 27.6 Å². The Bertz CT molecular complexity index is 1180. The van der Waals surface area contributed by atoms with Crippen LogP contribution in [0.2, 0.25) is 5.15 Å². The van der Waals surface area contributed by atoms with E-state index in [0.29, 0.717) is 16.5 Å². The van der Waals surface area contributed by atoms with E-state index in [2.05, 4.69) is 9.97 Å². The first-order valence-electron chi connectivity index (χ1n) is 8.41. The summed E-state index contributed by atoms with van der Waals surface area (Å²) in [5.74, 6) is -0.888. The Kier molecular flexibility index (Phi) is 4.38. The van der Waals surface area contributed by atoms with E-state index in [0.717, 1.165) is 10.9 Å². The summed E-state index contributed by atoms with van der Waals surface area (Å²) >= 11 is 6.02. The number of hydrogen-bond acceptors (Lipinski definition) is 4. The van der Waals surface area contributed by atoms with E-state index in [9.17, 15) is 9.59 Å². The highest BCUT2D eigenvalue weighted by atomic mass is 35.5. The van der Waals surface area contributed by atoms with Gasteiger partial charge in [0.15, 0.2) is 6.10 Å². The minimum atomic E-state index is -0.942. The number of carbonyl (C=O) groups is 2. The SMILES string of the molecule is C[C@H](OC(=O)c1cc(Cl)nc2ccccc12)C(=O)c1c[nH]c2ccccc12. The molecule has 0 radical (unpaired) electrons. The molecule has 4 aromatic rings. The van der Waals surface area contributed by atoms with Crippen molar-refractivity contribution >= 4 is 45.2 Å². The van der Waals surface area contributed by atoms with E-state index < -0.39 is 12.1 Å². The summed E-state index contributed by atoms with van der Waals surface area (Å²) < 4.78 is 5.45. The number of nitrogens with zero attached hydrogens (tertiary/aromatic N) is 1. The molecule has 0 aliphatic rings. The van der Waals surface area contributed by atoms with Crippen LogP contribution in [0.4, 0.5) is 0 Å². The second-order valence-electron chi connectivity index (χ2n) is 6.17. The van der Waals surface area contributed by atoms with E-state index in [1.165, 1.54) is 6.07 Å². The standard InChI is InChI=1S/C21H15ClN2O3/c1-12(20(25)16-11-23-17-8-4-2-7-14(16)17)27-21(26)15-10-19(22)24-18-9-5-3-6-13(15)18/h2-12,23H,1H3/t12-/m0/s1. The van der Waals surface area contributed by atoms with Crippen molar-refractivity contribution < 1.29 is 14.3 Å². The number of carbonyl (C=O) groups excluding carboxylic acids is 2. The molecule has 0 saturated carbocycles. The average molecular weight is 379 g/mol. The Morgan fingerprint density at radius 3 is 2.56 bits per heavy atom. The third-order valence-electron chi connectivity index (χ3n) is 4.41. The van der Waals surface area contributed by atoms with Crippen molar-refractivity contribution in [3.8, 4) is 0 Å². The van der Waals surface area contributed by atoms with Gasteiger partial charge in [-0.3, -0.25) is 4.79 Å². The molecule has 0 aliphatic heterocycles. The van der Waals surface area contributed by atoms with Crippen LogP contribution in [0.5, 0.6) is 0 Å². The smallest absolute Gasteiger partial charge is 0.339 e. The molecule has 6 heteroatoms. The predicted molar refractivity (Wildman–Crippen MR) is 104 cm³/mol. The number of Topliss-reactive ketones (excluding diaryl/α,β-unsaturated/α-hetero) is 1. The van der Waals surface area contributed by atoms with Crippen molar-refractivity contribution in [1.29, 1.82) is 0 Å². The molecule has 5 nitrogen and oxygen atoms in total. The van der Waals surface area contributed by atoms with Gasteiger partial charge in [0.1, 0.15) is 5.15 Å². The van der Waals surface area contributed by atoms with E-state index in [1.807, 2.05) is 30.3 Å². The maximum Gasteiger partial charge on any atom is 0.339 e. The Hall–Kier alpha value is -3.18. The molecule has 0 bridgehead atoms. The van der Waals surface area contributed by atoms with Crippen molar-refractivity contribution in [1.82, 2.24) is 9.97 Å². The Morgan fingerprint density at radius 2 is 1.74 bits per heavy atom. The molecule has 2 aromatic carbocycles. The summed E-state index contributed by atoms with van der Waals surface area (Å²) in [5.41, 5.74) is 2.21. The van der Waals surface area contributed by atoms with E-state index in [1.54, 1.807) is 31.3 Å². The largest absolute Gasteiger partial charge is 0.451 e. The number of nitrogens with one attached hydrogen (secondary N) is 1. The average Bonchev–Trinajstić information content (AvgIpc) is 3.10. The highest BCUT2D eigenvalue weighted by Gasteiger charge is 2.24. The second kappa shape index (κ2) is 6.85. The maximum atomic E-state index is 12.8. The quantitative estimate of drug-likeness (QED) is 0.314. The molecule has 4 rings (SSSR count). The third-order valence-corrected chi connectivity index (χ3v) is 4.61. The molecule has 0 unspecified atom stereocenters. The third kappa shape index (κ3) is 3.17. The van der Waals surface area contributed by atoms with Gasteiger partial charge in [-0.15, -0.1) is 0 Å². The predicted octanol–water partition coefficient (Wildman–Crippen LogP) is 4.80. The van der Waals surface area contributed by atoms with Crippen molar-refractivity contribution in [2.75, 3.05) is 0 Å². The van der Waals surface area contributed by atoms with Gasteiger partial charge >= 0.3 is 5.97 Å². The number of hydrogen-bond donors (Lipinski definition) is 1. The van der Waals surface area contributed by atoms with Crippen LogP contribution in [0, 0.1) is 0 Å². The Balaban J connectivity index is 1.62. The van der Waals surface area contributed by atoms with Crippen LogP contribution in [0.3, 0.4) is 0 Å². The molecule has 0 amide bonds. The number of fused-ring (bicyclic) bond motifs is 2. The van der Waals surface area contributed by atoms with E-state index in [-0.39, 0.29) is 16.5 Å².